The molecular weight excluding hydrogens is 392 g/mol. The van der Waals surface area contributed by atoms with Gasteiger partial charge in [-0.15, -0.1) is 0 Å². The number of rotatable bonds is 7. The Hall–Kier alpha value is -0.800. The summed E-state index contributed by atoms with van der Waals surface area (Å²) in [5.41, 5.74) is 2.76. The normalized spacial score (nSPS) is 11.4. The van der Waals surface area contributed by atoms with Crippen molar-refractivity contribution in [1.82, 2.24) is 0 Å². The van der Waals surface area contributed by atoms with E-state index in [1.165, 1.54) is 11.1 Å². The number of para-hydroxylation sites is 1. The minimum Gasteiger partial charge on any atom is -0.496 e. The summed E-state index contributed by atoms with van der Waals surface area (Å²) >= 11 is 7.45. The van der Waals surface area contributed by atoms with Crippen LogP contribution >= 0.6 is 31.9 Å². The molecule has 0 amide bonds. The molecule has 0 atom stereocenters. The highest BCUT2D eigenvalue weighted by molar-refractivity contribution is 9.09. The molecule has 0 saturated heterocycles. The average molecular weight is 412 g/mol. The van der Waals surface area contributed by atoms with Crippen molar-refractivity contribution < 1.29 is 4.74 Å². The maximum atomic E-state index is 5.50. The Labute approximate surface area is 144 Å². The van der Waals surface area contributed by atoms with Crippen molar-refractivity contribution in [3.63, 3.8) is 0 Å². The smallest absolute Gasteiger partial charge is 0.122 e. The lowest BCUT2D eigenvalue weighted by atomic mass is 9.80. The predicted octanol–water partition coefficient (Wildman–Crippen LogP) is 5.26. The van der Waals surface area contributed by atoms with Gasteiger partial charge in [0.1, 0.15) is 5.75 Å². The van der Waals surface area contributed by atoms with E-state index in [4.69, 9.17) is 4.74 Å². The Morgan fingerprint density at radius 3 is 2.10 bits per heavy atom. The summed E-state index contributed by atoms with van der Waals surface area (Å²) < 4.78 is 5.50. The van der Waals surface area contributed by atoms with Gasteiger partial charge < -0.3 is 4.74 Å². The second-order valence-electron chi connectivity index (χ2n) is 5.42. The largest absolute Gasteiger partial charge is 0.496 e. The van der Waals surface area contributed by atoms with Gasteiger partial charge in [-0.2, -0.15) is 0 Å². The molecule has 1 nitrogen and oxygen atoms in total. The molecule has 0 aromatic heterocycles. The number of halogens is 2. The molecule has 0 heterocycles. The van der Waals surface area contributed by atoms with Crippen LogP contribution in [0.25, 0.3) is 0 Å². The van der Waals surface area contributed by atoms with Crippen LogP contribution in [0.2, 0.25) is 0 Å². The molecule has 0 saturated carbocycles. The molecule has 2 aromatic carbocycles. The zero-order valence-electron chi connectivity index (χ0n) is 12.2. The first-order valence-corrected chi connectivity index (χ1v) is 9.25. The quantitative estimate of drug-likeness (QED) is 0.565. The second kappa shape index (κ2) is 8.00. The zero-order valence-corrected chi connectivity index (χ0v) is 15.4. The summed E-state index contributed by atoms with van der Waals surface area (Å²) in [6.45, 7) is 0. The van der Waals surface area contributed by atoms with Crippen molar-refractivity contribution >= 4 is 31.9 Å². The summed E-state index contributed by atoms with van der Waals surface area (Å²) in [5.74, 6) is 0.969. The van der Waals surface area contributed by atoms with Gasteiger partial charge in [-0.25, -0.2) is 0 Å². The van der Waals surface area contributed by atoms with E-state index in [-0.39, 0.29) is 5.41 Å². The molecule has 3 heteroatoms. The van der Waals surface area contributed by atoms with Crippen molar-refractivity contribution in [3.8, 4) is 5.75 Å². The molecule has 2 rings (SSSR count). The molecule has 21 heavy (non-hydrogen) atoms. The van der Waals surface area contributed by atoms with Crippen LogP contribution in [-0.2, 0) is 12.8 Å². The van der Waals surface area contributed by atoms with Crippen LogP contribution in [0.1, 0.15) is 11.1 Å². The average Bonchev–Trinajstić information content (AvgIpc) is 2.55. The Morgan fingerprint density at radius 2 is 1.48 bits per heavy atom. The van der Waals surface area contributed by atoms with Crippen molar-refractivity contribution in [1.29, 1.82) is 0 Å². The van der Waals surface area contributed by atoms with Crippen LogP contribution in [0.3, 0.4) is 0 Å². The first-order valence-electron chi connectivity index (χ1n) is 7.01. The van der Waals surface area contributed by atoms with Gasteiger partial charge in [-0.05, 0) is 35.4 Å². The Bertz CT molecular complexity index is 550. The monoisotopic (exact) mass is 410 g/mol. The second-order valence-corrected chi connectivity index (χ2v) is 6.54. The van der Waals surface area contributed by atoms with Gasteiger partial charge in [0.25, 0.3) is 0 Å². The Kier molecular flexibility index (Phi) is 6.31. The Morgan fingerprint density at radius 1 is 0.857 bits per heavy atom. The SMILES string of the molecule is COc1ccccc1CC(CBr)(CBr)Cc1ccccc1. The van der Waals surface area contributed by atoms with Crippen molar-refractivity contribution in [3.05, 3.63) is 65.7 Å². The van der Waals surface area contributed by atoms with E-state index >= 15 is 0 Å². The van der Waals surface area contributed by atoms with Gasteiger partial charge in [-0.1, -0.05) is 80.4 Å². The maximum absolute atomic E-state index is 5.50. The van der Waals surface area contributed by atoms with E-state index in [9.17, 15) is 0 Å². The molecule has 0 radical (unpaired) electrons. The third kappa shape index (κ3) is 4.33. The number of hydrogen-bond acceptors (Lipinski definition) is 1. The summed E-state index contributed by atoms with van der Waals surface area (Å²) in [4.78, 5) is 0. The summed E-state index contributed by atoms with van der Waals surface area (Å²) in [6.07, 6.45) is 2.00. The Balaban J connectivity index is 2.25. The third-order valence-corrected chi connectivity index (χ3v) is 6.13. The van der Waals surface area contributed by atoms with Crippen LogP contribution in [0.4, 0.5) is 0 Å². The van der Waals surface area contributed by atoms with E-state index in [1.54, 1.807) is 7.11 Å². The fourth-order valence-electron chi connectivity index (χ4n) is 2.57. The molecule has 0 aliphatic heterocycles. The van der Waals surface area contributed by atoms with E-state index in [1.807, 2.05) is 12.1 Å². The first kappa shape index (κ1) is 16.6. The first-order chi connectivity index (χ1) is 10.2. The lowest BCUT2D eigenvalue weighted by Crippen LogP contribution is -2.30. The van der Waals surface area contributed by atoms with Crippen molar-refractivity contribution in [2.24, 2.45) is 5.41 Å². The van der Waals surface area contributed by atoms with Crippen LogP contribution in [0.15, 0.2) is 54.6 Å². The summed E-state index contributed by atoms with van der Waals surface area (Å²) in [6, 6.07) is 18.9. The van der Waals surface area contributed by atoms with Gasteiger partial charge in [0.05, 0.1) is 7.11 Å². The molecule has 0 fully saturated rings. The van der Waals surface area contributed by atoms with Gasteiger partial charge >= 0.3 is 0 Å². The van der Waals surface area contributed by atoms with Gasteiger partial charge in [0.15, 0.2) is 0 Å². The highest BCUT2D eigenvalue weighted by Gasteiger charge is 2.29. The van der Waals surface area contributed by atoms with E-state index < -0.39 is 0 Å². The molecule has 0 aliphatic rings. The zero-order chi connectivity index (χ0) is 15.1. The van der Waals surface area contributed by atoms with Crippen LogP contribution < -0.4 is 4.74 Å². The van der Waals surface area contributed by atoms with Crippen LogP contribution in [-0.4, -0.2) is 17.8 Å². The van der Waals surface area contributed by atoms with E-state index in [2.05, 4.69) is 74.3 Å². The highest BCUT2D eigenvalue weighted by Crippen LogP contribution is 2.35. The van der Waals surface area contributed by atoms with Gasteiger partial charge in [0.2, 0.25) is 0 Å². The molecule has 0 unspecified atom stereocenters. The van der Waals surface area contributed by atoms with Crippen molar-refractivity contribution in [2.45, 2.75) is 12.8 Å². The predicted molar refractivity (Wildman–Crippen MR) is 96.9 cm³/mol. The number of benzene rings is 2. The molecule has 0 aliphatic carbocycles. The van der Waals surface area contributed by atoms with Crippen LogP contribution in [0, 0.1) is 5.41 Å². The van der Waals surface area contributed by atoms with Crippen molar-refractivity contribution in [2.75, 3.05) is 17.8 Å². The fraction of sp³-hybridized carbons (Fsp3) is 0.333. The fourth-order valence-corrected chi connectivity index (χ4v) is 4.29. The topological polar surface area (TPSA) is 9.23 Å². The lowest BCUT2D eigenvalue weighted by Gasteiger charge is -2.31. The van der Waals surface area contributed by atoms with E-state index in [0.717, 1.165) is 29.3 Å². The molecule has 0 spiro atoms. The molecular formula is C18H20Br2O. The standard InChI is InChI=1S/C18H20Br2O/c1-21-17-10-6-5-9-16(17)12-18(13-19,14-20)11-15-7-3-2-4-8-15/h2-10H,11-14H2,1H3. The molecule has 0 N–H and O–H groups in total. The molecule has 0 bridgehead atoms. The molecule has 2 aromatic rings. The molecule has 112 valence electrons. The van der Waals surface area contributed by atoms with E-state index in [0.29, 0.717) is 0 Å². The minimum absolute atomic E-state index is 0.135. The van der Waals surface area contributed by atoms with Gasteiger partial charge in [0, 0.05) is 10.7 Å². The minimum atomic E-state index is 0.135. The maximum Gasteiger partial charge on any atom is 0.122 e. The van der Waals surface area contributed by atoms with Crippen LogP contribution in [0.5, 0.6) is 5.75 Å². The summed E-state index contributed by atoms with van der Waals surface area (Å²) in [5, 5.41) is 1.89. The lowest BCUT2D eigenvalue weighted by molar-refractivity contribution is 0.365. The summed E-state index contributed by atoms with van der Waals surface area (Å²) in [7, 11) is 1.74. The number of methoxy groups -OCH3 is 1. The number of alkyl halides is 2. The number of hydrogen-bond donors (Lipinski definition) is 0. The third-order valence-electron chi connectivity index (χ3n) is 3.75. The number of ether oxygens (including phenoxy) is 1. The van der Waals surface area contributed by atoms with Gasteiger partial charge in [-0.3, -0.25) is 0 Å². The highest BCUT2D eigenvalue weighted by atomic mass is 79.9.